The predicted octanol–water partition coefficient (Wildman–Crippen LogP) is 3.41. The van der Waals surface area contributed by atoms with Crippen LogP contribution in [-0.4, -0.2) is 28.0 Å². The Morgan fingerprint density at radius 3 is 2.50 bits per heavy atom. The molecule has 0 bridgehead atoms. The van der Waals surface area contributed by atoms with E-state index < -0.39 is 28.0 Å². The molecule has 0 saturated carbocycles. The number of halogens is 1. The Morgan fingerprint density at radius 1 is 1.23 bits per heavy atom. The number of hydrogen-bond acceptors (Lipinski definition) is 4. The lowest BCUT2D eigenvalue weighted by molar-refractivity contribution is -0.112. The molecule has 7 heteroatoms. The molecule has 6 nitrogen and oxygen atoms in total. The van der Waals surface area contributed by atoms with Crippen molar-refractivity contribution in [1.82, 2.24) is 0 Å². The van der Waals surface area contributed by atoms with Crippen molar-refractivity contribution in [1.29, 1.82) is 0 Å². The normalized spacial score (nSPS) is 25.8. The average Bonchev–Trinajstić information content (AvgIpc) is 2.49. The number of ketones is 2. The van der Waals surface area contributed by atoms with Crippen LogP contribution < -0.4 is 0 Å². The second-order valence-corrected chi connectivity index (χ2v) is 6.69. The number of nitrogens with zero attached hydrogens (tertiary/aromatic N) is 3. The van der Waals surface area contributed by atoms with Crippen LogP contribution in [0, 0.1) is 0 Å². The fraction of sp³-hybridized carbons (Fsp3) is 0.333. The van der Waals surface area contributed by atoms with Crippen LogP contribution in [0.4, 0.5) is 0 Å². The molecule has 0 amide bonds. The van der Waals surface area contributed by atoms with Gasteiger partial charge in [0.2, 0.25) is 11.6 Å². The summed E-state index contributed by atoms with van der Waals surface area (Å²) in [5.41, 5.74) is 9.12. The third kappa shape index (κ3) is 1.97. The van der Waals surface area contributed by atoms with Crippen LogP contribution in [0.1, 0.15) is 29.8 Å². The molecule has 1 aliphatic heterocycles. The van der Waals surface area contributed by atoms with E-state index in [0.29, 0.717) is 16.9 Å². The maximum absolute atomic E-state index is 12.5. The maximum Gasteiger partial charge on any atom is 0.234 e. The molecule has 22 heavy (non-hydrogen) atoms. The molecule has 0 fully saturated rings. The Bertz CT molecular complexity index is 778. The highest BCUT2D eigenvalue weighted by Crippen LogP contribution is 2.45. The molecule has 1 aromatic carbocycles. The molecule has 2 atom stereocenters. The summed E-state index contributed by atoms with van der Waals surface area (Å²) in [5.74, 6) is -0.945. The molecule has 3 rings (SSSR count). The van der Waals surface area contributed by atoms with Gasteiger partial charge in [-0.05, 0) is 19.4 Å². The Labute approximate surface area is 134 Å². The van der Waals surface area contributed by atoms with E-state index >= 15 is 0 Å². The maximum atomic E-state index is 12.5. The average molecular weight is 362 g/mol. The van der Waals surface area contributed by atoms with Gasteiger partial charge < -0.3 is 4.74 Å². The number of ether oxygens (including phenoxy) is 1. The lowest BCUT2D eigenvalue weighted by Crippen LogP contribution is -2.49. The van der Waals surface area contributed by atoms with E-state index in [-0.39, 0.29) is 5.57 Å². The Morgan fingerprint density at radius 2 is 1.86 bits per heavy atom. The number of rotatable bonds is 1. The first-order chi connectivity index (χ1) is 10.4. The molecule has 0 unspecified atom stereocenters. The number of carbonyl (C=O) groups excluding carboxylic acids is 2. The molecule has 0 aromatic heterocycles. The number of carbonyl (C=O) groups is 2. The smallest absolute Gasteiger partial charge is 0.234 e. The summed E-state index contributed by atoms with van der Waals surface area (Å²) in [6.07, 6.45) is 0. The summed E-state index contributed by atoms with van der Waals surface area (Å²) >= 11 is 3.44. The van der Waals surface area contributed by atoms with Gasteiger partial charge in [-0.1, -0.05) is 45.3 Å². The van der Waals surface area contributed by atoms with Gasteiger partial charge in [-0.2, -0.15) is 0 Å². The highest BCUT2D eigenvalue weighted by atomic mass is 79.9. The van der Waals surface area contributed by atoms with E-state index in [9.17, 15) is 9.59 Å². The highest BCUT2D eigenvalue weighted by Gasteiger charge is 2.49. The van der Waals surface area contributed by atoms with Crippen LogP contribution >= 0.6 is 15.9 Å². The van der Waals surface area contributed by atoms with E-state index in [4.69, 9.17) is 10.3 Å². The Hall–Kier alpha value is -2.11. The van der Waals surface area contributed by atoms with Gasteiger partial charge >= 0.3 is 0 Å². The number of alkyl halides is 1. The van der Waals surface area contributed by atoms with Crippen LogP contribution in [-0.2, 0) is 9.53 Å². The van der Waals surface area contributed by atoms with Crippen molar-refractivity contribution in [2.24, 2.45) is 5.11 Å². The summed E-state index contributed by atoms with van der Waals surface area (Å²) < 4.78 is 5.99. The third-order valence-electron chi connectivity index (χ3n) is 3.89. The lowest BCUT2D eigenvalue weighted by atomic mass is 9.80. The quantitative estimate of drug-likeness (QED) is 0.252. The molecular formula is C15H12BrN3O3. The van der Waals surface area contributed by atoms with E-state index in [1.807, 2.05) is 13.8 Å². The summed E-state index contributed by atoms with van der Waals surface area (Å²) in [6, 6.07) is 5.99. The van der Waals surface area contributed by atoms with Crippen LogP contribution in [0.15, 0.2) is 35.0 Å². The first-order valence-electron chi connectivity index (χ1n) is 6.68. The SMILES string of the molecule is CC1(C)OC2=C(C(=O)C(=O)c3ccccc32)[C@@H](N=[N+]=[N-])[C@@H]1Br. The topological polar surface area (TPSA) is 92.1 Å². The zero-order valence-electron chi connectivity index (χ0n) is 11.9. The first-order valence-corrected chi connectivity index (χ1v) is 7.60. The standard InChI is InChI=1S/C15H12BrN3O3/c1-15(2)14(16)10(18-19-17)9-12(21)11(20)7-5-3-4-6-8(7)13(9)22-15/h3-6,10,14H,1-2H3/t10-,14+/m1/s1. The second kappa shape index (κ2) is 4.97. The molecule has 0 saturated heterocycles. The van der Waals surface area contributed by atoms with Gasteiger partial charge in [0.25, 0.3) is 0 Å². The van der Waals surface area contributed by atoms with E-state index in [0.717, 1.165) is 0 Å². The second-order valence-electron chi connectivity index (χ2n) is 5.70. The van der Waals surface area contributed by atoms with E-state index in [1.54, 1.807) is 24.3 Å². The minimum absolute atomic E-state index is 0.128. The van der Waals surface area contributed by atoms with E-state index in [1.165, 1.54) is 0 Å². The monoisotopic (exact) mass is 361 g/mol. The molecule has 1 heterocycles. The number of benzene rings is 1. The van der Waals surface area contributed by atoms with Crippen molar-refractivity contribution in [2.75, 3.05) is 0 Å². The van der Waals surface area contributed by atoms with Gasteiger partial charge in [0.1, 0.15) is 11.4 Å². The Balaban J connectivity index is 2.33. The minimum Gasteiger partial charge on any atom is -0.486 e. The van der Waals surface area contributed by atoms with Gasteiger partial charge in [0, 0.05) is 16.0 Å². The summed E-state index contributed by atoms with van der Waals surface area (Å²) in [4.78, 5) is 27.2. The first kappa shape index (κ1) is 14.8. The van der Waals surface area contributed by atoms with Crippen LogP contribution in [0.5, 0.6) is 0 Å². The fourth-order valence-electron chi connectivity index (χ4n) is 2.77. The van der Waals surface area contributed by atoms with Crippen molar-refractivity contribution in [3.63, 3.8) is 0 Å². The fourth-order valence-corrected chi connectivity index (χ4v) is 3.23. The van der Waals surface area contributed by atoms with Crippen molar-refractivity contribution in [3.8, 4) is 0 Å². The van der Waals surface area contributed by atoms with Crippen LogP contribution in [0.25, 0.3) is 16.2 Å². The molecule has 1 aromatic rings. The van der Waals surface area contributed by atoms with Gasteiger partial charge in [-0.25, -0.2) is 0 Å². The predicted molar refractivity (Wildman–Crippen MR) is 83.5 cm³/mol. The van der Waals surface area contributed by atoms with Crippen molar-refractivity contribution in [2.45, 2.75) is 30.3 Å². The molecule has 1 aliphatic carbocycles. The number of azide groups is 1. The van der Waals surface area contributed by atoms with E-state index in [2.05, 4.69) is 26.0 Å². The van der Waals surface area contributed by atoms with Crippen molar-refractivity contribution >= 4 is 33.3 Å². The van der Waals surface area contributed by atoms with Gasteiger partial charge in [0.15, 0.2) is 0 Å². The summed E-state index contributed by atoms with van der Waals surface area (Å²) in [6.45, 7) is 3.67. The molecule has 0 radical (unpaired) electrons. The van der Waals surface area contributed by atoms with Gasteiger partial charge in [0.05, 0.1) is 16.4 Å². The van der Waals surface area contributed by atoms with Gasteiger partial charge in [-0.15, -0.1) is 0 Å². The number of Topliss-reactive ketones (excluding diaryl/α,β-unsaturated/α-hetero) is 2. The number of fused-ring (bicyclic) bond motifs is 2. The molecule has 0 spiro atoms. The zero-order valence-corrected chi connectivity index (χ0v) is 13.5. The lowest BCUT2D eigenvalue weighted by Gasteiger charge is -2.42. The Kier molecular flexibility index (Phi) is 3.34. The van der Waals surface area contributed by atoms with Crippen LogP contribution in [0.2, 0.25) is 0 Å². The molecule has 0 N–H and O–H groups in total. The molecule has 2 aliphatic rings. The molecule has 112 valence electrons. The van der Waals surface area contributed by atoms with Crippen LogP contribution in [0.3, 0.4) is 0 Å². The summed E-state index contributed by atoms with van der Waals surface area (Å²) in [5, 5.41) is 3.73. The number of hydrogen-bond donors (Lipinski definition) is 0. The van der Waals surface area contributed by atoms with Crippen molar-refractivity contribution < 1.29 is 14.3 Å². The largest absolute Gasteiger partial charge is 0.486 e. The highest BCUT2D eigenvalue weighted by molar-refractivity contribution is 9.09. The minimum atomic E-state index is -0.798. The van der Waals surface area contributed by atoms with Crippen molar-refractivity contribution in [3.05, 3.63) is 51.4 Å². The van der Waals surface area contributed by atoms with Gasteiger partial charge in [-0.3, -0.25) is 9.59 Å². The molecular weight excluding hydrogens is 350 g/mol. The third-order valence-corrected chi connectivity index (χ3v) is 5.49. The zero-order chi connectivity index (χ0) is 16.1. The summed E-state index contributed by atoms with van der Waals surface area (Å²) in [7, 11) is 0.